The summed E-state index contributed by atoms with van der Waals surface area (Å²) in [6, 6.07) is 5.84. The highest BCUT2D eigenvalue weighted by atomic mass is 16.3. The van der Waals surface area contributed by atoms with Crippen molar-refractivity contribution in [3.8, 4) is 5.75 Å². The van der Waals surface area contributed by atoms with Crippen molar-refractivity contribution in [1.29, 1.82) is 0 Å². The Morgan fingerprint density at radius 2 is 2.05 bits per heavy atom. The lowest BCUT2D eigenvalue weighted by Crippen LogP contribution is -2.39. The summed E-state index contributed by atoms with van der Waals surface area (Å²) in [7, 11) is 0. The maximum atomic E-state index is 10.3. The second-order valence-electron chi connectivity index (χ2n) is 7.03. The molecule has 0 saturated heterocycles. The molecule has 0 bridgehead atoms. The number of benzene rings is 1. The first-order valence-electron chi connectivity index (χ1n) is 7.79. The number of rotatable bonds is 0. The molecule has 2 N–H and O–H groups in total. The number of aromatic hydroxyl groups is 1. The molecule has 2 saturated carbocycles. The minimum Gasteiger partial charge on any atom is -0.508 e. The minimum absolute atomic E-state index is 0.0940. The van der Waals surface area contributed by atoms with Crippen LogP contribution in [-0.2, 0) is 6.42 Å². The third-order valence-electron chi connectivity index (χ3n) is 6.12. The van der Waals surface area contributed by atoms with Crippen molar-refractivity contribution in [2.45, 2.75) is 51.0 Å². The van der Waals surface area contributed by atoms with Crippen molar-refractivity contribution in [3.05, 3.63) is 41.0 Å². The predicted octanol–water partition coefficient (Wildman–Crippen LogP) is 3.53. The number of phenols is 1. The Balaban J connectivity index is 1.76. The summed E-state index contributed by atoms with van der Waals surface area (Å²) in [6.45, 7) is 2.28. The molecule has 3 aliphatic carbocycles. The molecule has 1 aromatic carbocycles. The average Bonchev–Trinajstić information content (AvgIpc) is 2.74. The SMILES string of the molecule is C[C@]12CCC3C(=CCc4cc(O)ccc43)C1CC[C@H]2O. The van der Waals surface area contributed by atoms with Gasteiger partial charge in [0, 0.05) is 11.3 Å². The number of phenolic OH excluding ortho intramolecular Hbond substituents is 1. The van der Waals surface area contributed by atoms with Gasteiger partial charge in [-0.15, -0.1) is 0 Å². The maximum Gasteiger partial charge on any atom is 0.115 e. The standard InChI is InChI=1S/C18H22O2/c1-18-9-8-14-13-5-3-12(19)10-11(13)2-4-15(14)16(18)6-7-17(18)20/h3-5,10,14,16-17,19-20H,2,6-9H2,1H3/t14?,16?,17-,18+/m1/s1. The van der Waals surface area contributed by atoms with Crippen molar-refractivity contribution in [2.75, 3.05) is 0 Å². The third kappa shape index (κ3) is 1.54. The van der Waals surface area contributed by atoms with E-state index < -0.39 is 0 Å². The van der Waals surface area contributed by atoms with E-state index in [1.165, 1.54) is 11.1 Å². The zero-order valence-electron chi connectivity index (χ0n) is 12.0. The number of allylic oxidation sites excluding steroid dienone is 2. The largest absolute Gasteiger partial charge is 0.508 e. The molecule has 0 spiro atoms. The maximum absolute atomic E-state index is 10.3. The molecule has 2 fully saturated rings. The summed E-state index contributed by atoms with van der Waals surface area (Å²) in [5.74, 6) is 1.44. The van der Waals surface area contributed by atoms with Crippen LogP contribution in [0.4, 0.5) is 0 Å². The normalized spacial score (nSPS) is 38.7. The lowest BCUT2D eigenvalue weighted by molar-refractivity contribution is 0.0267. The number of hydrogen-bond donors (Lipinski definition) is 2. The van der Waals surface area contributed by atoms with Crippen molar-refractivity contribution in [3.63, 3.8) is 0 Å². The van der Waals surface area contributed by atoms with Crippen LogP contribution in [0.15, 0.2) is 29.8 Å². The quantitative estimate of drug-likeness (QED) is 0.708. The first kappa shape index (κ1) is 12.5. The zero-order valence-corrected chi connectivity index (χ0v) is 12.0. The van der Waals surface area contributed by atoms with Crippen LogP contribution in [0.1, 0.15) is 49.7 Å². The molecule has 2 unspecified atom stereocenters. The molecule has 4 atom stereocenters. The first-order chi connectivity index (χ1) is 9.59. The van der Waals surface area contributed by atoms with Gasteiger partial charge in [-0.05, 0) is 61.3 Å². The molecule has 2 nitrogen and oxygen atoms in total. The van der Waals surface area contributed by atoms with Crippen LogP contribution >= 0.6 is 0 Å². The molecule has 4 rings (SSSR count). The highest BCUT2D eigenvalue weighted by molar-refractivity contribution is 5.47. The van der Waals surface area contributed by atoms with Gasteiger partial charge in [-0.3, -0.25) is 0 Å². The minimum atomic E-state index is -0.129. The van der Waals surface area contributed by atoms with Crippen molar-refractivity contribution in [1.82, 2.24) is 0 Å². The smallest absolute Gasteiger partial charge is 0.115 e. The lowest BCUT2D eigenvalue weighted by Gasteiger charge is -2.46. The van der Waals surface area contributed by atoms with E-state index in [9.17, 15) is 10.2 Å². The summed E-state index contributed by atoms with van der Waals surface area (Å²) in [4.78, 5) is 0. The monoisotopic (exact) mass is 270 g/mol. The number of aliphatic hydroxyl groups is 1. The van der Waals surface area contributed by atoms with E-state index in [-0.39, 0.29) is 11.5 Å². The molecule has 0 radical (unpaired) electrons. The molecule has 3 aliphatic rings. The molecule has 0 aromatic heterocycles. The van der Waals surface area contributed by atoms with E-state index in [4.69, 9.17) is 0 Å². The van der Waals surface area contributed by atoms with Crippen LogP contribution in [0.25, 0.3) is 0 Å². The molecular formula is C18H22O2. The lowest BCUT2D eigenvalue weighted by atomic mass is 9.59. The predicted molar refractivity (Wildman–Crippen MR) is 78.7 cm³/mol. The molecular weight excluding hydrogens is 248 g/mol. The molecule has 2 heteroatoms. The highest BCUT2D eigenvalue weighted by Crippen LogP contribution is 2.59. The van der Waals surface area contributed by atoms with Gasteiger partial charge < -0.3 is 10.2 Å². The molecule has 20 heavy (non-hydrogen) atoms. The summed E-state index contributed by atoms with van der Waals surface area (Å²) < 4.78 is 0. The topological polar surface area (TPSA) is 40.5 Å². The van der Waals surface area contributed by atoms with E-state index in [1.54, 1.807) is 5.57 Å². The van der Waals surface area contributed by atoms with Crippen molar-refractivity contribution < 1.29 is 10.2 Å². The Labute approximate surface area is 120 Å². The molecule has 0 aliphatic heterocycles. The van der Waals surface area contributed by atoms with E-state index in [0.717, 1.165) is 32.1 Å². The fourth-order valence-electron chi connectivity index (χ4n) is 4.93. The number of hydrogen-bond acceptors (Lipinski definition) is 2. The van der Waals surface area contributed by atoms with Gasteiger partial charge in [0.2, 0.25) is 0 Å². The molecule has 0 heterocycles. The second kappa shape index (κ2) is 4.11. The van der Waals surface area contributed by atoms with Gasteiger partial charge in [-0.25, -0.2) is 0 Å². The Morgan fingerprint density at radius 3 is 2.90 bits per heavy atom. The van der Waals surface area contributed by atoms with E-state index >= 15 is 0 Å². The van der Waals surface area contributed by atoms with Crippen LogP contribution in [0, 0.1) is 11.3 Å². The van der Waals surface area contributed by atoms with E-state index in [0.29, 0.717) is 17.6 Å². The third-order valence-corrected chi connectivity index (χ3v) is 6.12. The fraction of sp³-hybridized carbons (Fsp3) is 0.556. The Bertz CT molecular complexity index is 589. The Morgan fingerprint density at radius 1 is 1.20 bits per heavy atom. The van der Waals surface area contributed by atoms with Crippen LogP contribution < -0.4 is 0 Å². The van der Waals surface area contributed by atoms with Gasteiger partial charge in [0.1, 0.15) is 5.75 Å². The highest BCUT2D eigenvalue weighted by Gasteiger charge is 2.51. The van der Waals surface area contributed by atoms with Crippen LogP contribution in [0.5, 0.6) is 5.75 Å². The average molecular weight is 270 g/mol. The van der Waals surface area contributed by atoms with Crippen LogP contribution in [-0.4, -0.2) is 16.3 Å². The fourth-order valence-corrected chi connectivity index (χ4v) is 4.93. The summed E-state index contributed by atoms with van der Waals surface area (Å²) in [5.41, 5.74) is 4.34. The van der Waals surface area contributed by atoms with E-state index in [2.05, 4.69) is 19.1 Å². The van der Waals surface area contributed by atoms with Gasteiger partial charge in [0.15, 0.2) is 0 Å². The second-order valence-corrected chi connectivity index (χ2v) is 7.03. The van der Waals surface area contributed by atoms with E-state index in [1.807, 2.05) is 12.1 Å². The molecule has 1 aromatic rings. The van der Waals surface area contributed by atoms with Gasteiger partial charge in [-0.2, -0.15) is 0 Å². The van der Waals surface area contributed by atoms with Crippen LogP contribution in [0.2, 0.25) is 0 Å². The molecule has 106 valence electrons. The van der Waals surface area contributed by atoms with Gasteiger partial charge >= 0.3 is 0 Å². The van der Waals surface area contributed by atoms with Crippen molar-refractivity contribution >= 4 is 0 Å². The van der Waals surface area contributed by atoms with Gasteiger partial charge in [0.05, 0.1) is 6.10 Å². The first-order valence-corrected chi connectivity index (χ1v) is 7.79. The van der Waals surface area contributed by atoms with Gasteiger partial charge in [-0.1, -0.05) is 24.6 Å². The summed E-state index contributed by atoms with van der Waals surface area (Å²) in [5, 5.41) is 20.0. The summed E-state index contributed by atoms with van der Waals surface area (Å²) in [6.07, 6.45) is 7.51. The zero-order chi connectivity index (χ0) is 13.9. The summed E-state index contributed by atoms with van der Waals surface area (Å²) >= 11 is 0. The van der Waals surface area contributed by atoms with Gasteiger partial charge in [0.25, 0.3) is 0 Å². The number of fused-ring (bicyclic) bond motifs is 5. The van der Waals surface area contributed by atoms with Crippen LogP contribution in [0.3, 0.4) is 0 Å². The molecule has 0 amide bonds. The Hall–Kier alpha value is -1.28. The Kier molecular flexibility index (Phi) is 2.56. The van der Waals surface area contributed by atoms with Crippen molar-refractivity contribution in [2.24, 2.45) is 11.3 Å². The number of aliphatic hydroxyl groups excluding tert-OH is 1.